The van der Waals surface area contributed by atoms with Crippen LogP contribution in [0.3, 0.4) is 0 Å². The second-order valence-electron chi connectivity index (χ2n) is 4.66. The molecule has 0 bridgehead atoms. The minimum Gasteiger partial charge on any atom is -0.478 e. The molecule has 5 heteroatoms. The molecule has 21 heavy (non-hydrogen) atoms. The molecule has 0 amide bonds. The summed E-state index contributed by atoms with van der Waals surface area (Å²) in [5.74, 6) is -0.931. The molecule has 2 aromatic rings. The molecule has 0 saturated carbocycles. The van der Waals surface area contributed by atoms with Crippen molar-refractivity contribution in [3.05, 3.63) is 54.1 Å². The summed E-state index contributed by atoms with van der Waals surface area (Å²) in [6, 6.07) is 14.0. The molecule has 0 aliphatic rings. The number of aromatic carboxylic acids is 1. The van der Waals surface area contributed by atoms with Crippen LogP contribution in [-0.2, 0) is 0 Å². The third-order valence-corrected chi connectivity index (χ3v) is 3.43. The van der Waals surface area contributed by atoms with Crippen LogP contribution in [0.25, 0.3) is 0 Å². The Kier molecular flexibility index (Phi) is 6.62. The fourth-order valence-corrected chi connectivity index (χ4v) is 2.28. The van der Waals surface area contributed by atoms with E-state index in [1.54, 1.807) is 12.1 Å². The highest BCUT2D eigenvalue weighted by Crippen LogP contribution is 2.23. The van der Waals surface area contributed by atoms with Gasteiger partial charge in [0.05, 0.1) is 5.56 Å². The maximum absolute atomic E-state index is 10.3. The van der Waals surface area contributed by atoms with Crippen LogP contribution in [-0.4, -0.2) is 16.3 Å². The topological polar surface area (TPSA) is 89.3 Å². The molecule has 0 aliphatic carbocycles. The van der Waals surface area contributed by atoms with Gasteiger partial charge in [-0.25, -0.2) is 4.79 Å². The zero-order valence-corrected chi connectivity index (χ0v) is 12.9. The van der Waals surface area contributed by atoms with Gasteiger partial charge in [-0.3, -0.25) is 0 Å². The van der Waals surface area contributed by atoms with Crippen LogP contribution in [0.1, 0.15) is 24.2 Å². The Morgan fingerprint density at radius 3 is 1.76 bits per heavy atom. The number of carboxylic acid groups (broad SMARTS) is 1. The molecule has 0 fully saturated rings. The van der Waals surface area contributed by atoms with E-state index in [0.717, 1.165) is 5.69 Å². The highest BCUT2D eigenvalue weighted by Gasteiger charge is 1.98. The summed E-state index contributed by atoms with van der Waals surface area (Å²) in [6.07, 6.45) is 0. The van der Waals surface area contributed by atoms with Crippen LogP contribution in [0.2, 0.25) is 0 Å². The van der Waals surface area contributed by atoms with Gasteiger partial charge in [0.25, 0.3) is 0 Å². The maximum Gasteiger partial charge on any atom is 0.335 e. The van der Waals surface area contributed by atoms with Crippen molar-refractivity contribution in [1.82, 2.24) is 0 Å². The van der Waals surface area contributed by atoms with Crippen molar-refractivity contribution in [2.45, 2.75) is 24.0 Å². The van der Waals surface area contributed by atoms with Crippen molar-refractivity contribution in [2.75, 3.05) is 11.5 Å². The summed E-state index contributed by atoms with van der Waals surface area (Å²) in [6.45, 7) is 4.36. The minimum absolute atomic E-state index is 0.259. The molecule has 4 nitrogen and oxygen atoms in total. The fourth-order valence-electron chi connectivity index (χ4n) is 1.44. The number of nitrogens with two attached hydrogens (primary N) is 2. The summed E-state index contributed by atoms with van der Waals surface area (Å²) < 4.78 is 0. The molecule has 0 aliphatic heterocycles. The Balaban J connectivity index is 0.000000211. The van der Waals surface area contributed by atoms with E-state index in [4.69, 9.17) is 16.6 Å². The molecule has 0 atom stereocenters. The van der Waals surface area contributed by atoms with Gasteiger partial charge in [-0.1, -0.05) is 13.8 Å². The number of anilines is 2. The first-order valence-electron chi connectivity index (χ1n) is 6.49. The lowest BCUT2D eigenvalue weighted by atomic mass is 10.2. The van der Waals surface area contributed by atoms with Gasteiger partial charge < -0.3 is 16.6 Å². The monoisotopic (exact) mass is 304 g/mol. The van der Waals surface area contributed by atoms with Crippen LogP contribution < -0.4 is 11.5 Å². The molecule has 0 radical (unpaired) electrons. The predicted octanol–water partition coefficient (Wildman–Crippen LogP) is 3.74. The molecule has 0 heterocycles. The van der Waals surface area contributed by atoms with E-state index in [9.17, 15) is 4.79 Å². The molecular weight excluding hydrogens is 284 g/mol. The smallest absolute Gasteiger partial charge is 0.335 e. The number of rotatable bonds is 3. The second kappa shape index (κ2) is 8.21. The number of carboxylic acids is 1. The number of hydrogen-bond acceptors (Lipinski definition) is 4. The van der Waals surface area contributed by atoms with Gasteiger partial charge in [0, 0.05) is 21.5 Å². The Hall–Kier alpha value is -2.14. The number of hydrogen-bond donors (Lipinski definition) is 3. The van der Waals surface area contributed by atoms with E-state index >= 15 is 0 Å². The molecule has 0 saturated heterocycles. The summed E-state index contributed by atoms with van der Waals surface area (Å²) >= 11 is 1.85. The number of nitrogen functional groups attached to an aromatic ring is 2. The zero-order valence-electron chi connectivity index (χ0n) is 12.1. The Morgan fingerprint density at radius 1 is 0.952 bits per heavy atom. The Labute approximate surface area is 129 Å². The quantitative estimate of drug-likeness (QED) is 0.594. The first-order valence-corrected chi connectivity index (χ1v) is 7.37. The lowest BCUT2D eigenvalue weighted by Crippen LogP contribution is -1.95. The van der Waals surface area contributed by atoms with Gasteiger partial charge in [-0.15, -0.1) is 11.8 Å². The van der Waals surface area contributed by atoms with Crippen molar-refractivity contribution < 1.29 is 9.90 Å². The molecule has 0 aromatic heterocycles. The Bertz CT molecular complexity index is 566. The van der Waals surface area contributed by atoms with Gasteiger partial charge in [0.1, 0.15) is 0 Å². The standard InChI is InChI=1S/C9H13NS.C7H7NO2/c1-7(2)11-9-5-3-8(10)4-6-9;8-6-3-1-5(2-4-6)7(9)10/h3-7H,10H2,1-2H3;1-4H,8H2,(H,9,10). The van der Waals surface area contributed by atoms with E-state index in [0.29, 0.717) is 10.9 Å². The summed E-state index contributed by atoms with van der Waals surface area (Å²) in [4.78, 5) is 11.6. The lowest BCUT2D eigenvalue weighted by molar-refractivity contribution is 0.0697. The second-order valence-corrected chi connectivity index (χ2v) is 6.31. The highest BCUT2D eigenvalue weighted by molar-refractivity contribution is 7.99. The first-order chi connectivity index (χ1) is 9.88. The van der Waals surface area contributed by atoms with Crippen LogP contribution in [0.5, 0.6) is 0 Å². The van der Waals surface area contributed by atoms with Crippen molar-refractivity contribution >= 4 is 29.1 Å². The molecule has 0 unspecified atom stereocenters. The van der Waals surface area contributed by atoms with E-state index in [1.807, 2.05) is 23.9 Å². The third-order valence-electron chi connectivity index (χ3n) is 2.41. The van der Waals surface area contributed by atoms with E-state index in [1.165, 1.54) is 17.0 Å². The Morgan fingerprint density at radius 2 is 1.38 bits per heavy atom. The minimum atomic E-state index is -0.931. The summed E-state index contributed by atoms with van der Waals surface area (Å²) in [7, 11) is 0. The van der Waals surface area contributed by atoms with Crippen molar-refractivity contribution in [3.8, 4) is 0 Å². The highest BCUT2D eigenvalue weighted by atomic mass is 32.2. The van der Waals surface area contributed by atoms with Crippen LogP contribution in [0.4, 0.5) is 11.4 Å². The molecule has 0 spiro atoms. The number of carbonyl (C=O) groups is 1. The van der Waals surface area contributed by atoms with Crippen LogP contribution in [0, 0.1) is 0 Å². The molecule has 5 N–H and O–H groups in total. The van der Waals surface area contributed by atoms with Crippen LogP contribution >= 0.6 is 11.8 Å². The predicted molar refractivity (Wildman–Crippen MR) is 89.7 cm³/mol. The van der Waals surface area contributed by atoms with Gasteiger partial charge in [-0.05, 0) is 48.5 Å². The maximum atomic E-state index is 10.3. The van der Waals surface area contributed by atoms with E-state index in [2.05, 4.69) is 26.0 Å². The molecule has 2 aromatic carbocycles. The summed E-state index contributed by atoms with van der Waals surface area (Å²) in [5.41, 5.74) is 12.5. The average Bonchev–Trinajstić information content (AvgIpc) is 2.42. The van der Waals surface area contributed by atoms with Gasteiger partial charge in [0.15, 0.2) is 0 Å². The molecule has 2 rings (SSSR count). The van der Waals surface area contributed by atoms with Crippen molar-refractivity contribution in [1.29, 1.82) is 0 Å². The largest absolute Gasteiger partial charge is 0.478 e. The summed E-state index contributed by atoms with van der Waals surface area (Å²) in [5, 5.41) is 9.07. The molecule has 112 valence electrons. The van der Waals surface area contributed by atoms with Gasteiger partial charge >= 0.3 is 5.97 Å². The number of thioether (sulfide) groups is 1. The zero-order chi connectivity index (χ0) is 15.8. The first kappa shape index (κ1) is 16.9. The fraction of sp³-hybridized carbons (Fsp3) is 0.188. The van der Waals surface area contributed by atoms with Crippen LogP contribution in [0.15, 0.2) is 53.4 Å². The SMILES string of the molecule is CC(C)Sc1ccc(N)cc1.Nc1ccc(C(=O)O)cc1. The van der Waals surface area contributed by atoms with E-state index in [-0.39, 0.29) is 5.56 Å². The number of benzene rings is 2. The molecular formula is C16H20N2O2S. The van der Waals surface area contributed by atoms with Crippen molar-refractivity contribution in [3.63, 3.8) is 0 Å². The van der Waals surface area contributed by atoms with Gasteiger partial charge in [-0.2, -0.15) is 0 Å². The third kappa shape index (κ3) is 6.72. The lowest BCUT2D eigenvalue weighted by Gasteiger charge is -2.03. The van der Waals surface area contributed by atoms with Crippen molar-refractivity contribution in [2.24, 2.45) is 0 Å². The normalized spacial score (nSPS) is 9.86. The average molecular weight is 304 g/mol. The van der Waals surface area contributed by atoms with Gasteiger partial charge in [0.2, 0.25) is 0 Å². The van der Waals surface area contributed by atoms with E-state index < -0.39 is 5.97 Å².